The standard InChI is InChI=1S/C8H11I/c9-7-6-8-4-2-1-3-5-8/h4,6-7H,1-3,5H2/b7-6+. The maximum Gasteiger partial charge on any atom is -0.0231 e. The van der Waals surface area contributed by atoms with Crippen molar-refractivity contribution in [1.82, 2.24) is 0 Å². The molecule has 0 aromatic heterocycles. The summed E-state index contributed by atoms with van der Waals surface area (Å²) in [5.74, 6) is 0. The highest BCUT2D eigenvalue weighted by atomic mass is 127. The Morgan fingerprint density at radius 2 is 2.33 bits per heavy atom. The third-order valence-corrected chi connectivity index (χ3v) is 1.96. The topological polar surface area (TPSA) is 0 Å². The van der Waals surface area contributed by atoms with Crippen LogP contribution in [-0.2, 0) is 0 Å². The second-order valence-corrected chi connectivity index (χ2v) is 3.04. The molecule has 0 spiro atoms. The Morgan fingerprint density at radius 3 is 2.89 bits per heavy atom. The van der Waals surface area contributed by atoms with Crippen LogP contribution in [0, 0.1) is 0 Å². The van der Waals surface area contributed by atoms with Crippen LogP contribution in [0.2, 0.25) is 0 Å². The van der Waals surface area contributed by atoms with Crippen molar-refractivity contribution in [3.05, 3.63) is 21.8 Å². The number of halogens is 1. The minimum atomic E-state index is 1.29. The van der Waals surface area contributed by atoms with Crippen molar-refractivity contribution in [1.29, 1.82) is 0 Å². The van der Waals surface area contributed by atoms with E-state index in [0.717, 1.165) is 0 Å². The first-order valence-corrected chi connectivity index (χ1v) is 4.64. The molecule has 0 radical (unpaired) electrons. The normalized spacial score (nSPS) is 20.3. The van der Waals surface area contributed by atoms with Crippen LogP contribution in [0.25, 0.3) is 0 Å². The molecule has 50 valence electrons. The van der Waals surface area contributed by atoms with E-state index in [4.69, 9.17) is 0 Å². The minimum Gasteiger partial charge on any atom is -0.0813 e. The first-order valence-electron chi connectivity index (χ1n) is 3.39. The number of allylic oxidation sites excluding steroid dienone is 3. The van der Waals surface area contributed by atoms with Gasteiger partial charge in [0.1, 0.15) is 0 Å². The van der Waals surface area contributed by atoms with E-state index in [9.17, 15) is 0 Å². The van der Waals surface area contributed by atoms with Crippen molar-refractivity contribution in [3.8, 4) is 0 Å². The van der Waals surface area contributed by atoms with Crippen LogP contribution in [0.5, 0.6) is 0 Å². The van der Waals surface area contributed by atoms with Gasteiger partial charge < -0.3 is 0 Å². The van der Waals surface area contributed by atoms with Gasteiger partial charge in [0.05, 0.1) is 0 Å². The molecule has 0 aromatic carbocycles. The molecule has 1 rings (SSSR count). The lowest BCUT2D eigenvalue weighted by molar-refractivity contribution is 0.712. The predicted molar refractivity (Wildman–Crippen MR) is 49.7 cm³/mol. The molecule has 0 N–H and O–H groups in total. The van der Waals surface area contributed by atoms with Crippen LogP contribution in [0.15, 0.2) is 21.8 Å². The summed E-state index contributed by atoms with van der Waals surface area (Å²) in [6.07, 6.45) is 9.90. The third-order valence-electron chi connectivity index (χ3n) is 1.60. The summed E-state index contributed by atoms with van der Waals surface area (Å²) < 4.78 is 2.09. The van der Waals surface area contributed by atoms with Gasteiger partial charge in [-0.2, -0.15) is 0 Å². The summed E-state index contributed by atoms with van der Waals surface area (Å²) in [4.78, 5) is 0. The lowest BCUT2D eigenvalue weighted by Crippen LogP contribution is -1.87. The van der Waals surface area contributed by atoms with E-state index in [1.54, 1.807) is 0 Å². The van der Waals surface area contributed by atoms with Crippen LogP contribution >= 0.6 is 22.6 Å². The molecule has 0 aliphatic heterocycles. The first-order chi connectivity index (χ1) is 4.43. The molecular weight excluding hydrogens is 223 g/mol. The molecule has 0 unspecified atom stereocenters. The van der Waals surface area contributed by atoms with Gasteiger partial charge in [-0.1, -0.05) is 40.3 Å². The van der Waals surface area contributed by atoms with E-state index in [0.29, 0.717) is 0 Å². The summed E-state index contributed by atoms with van der Waals surface area (Å²) in [6, 6.07) is 0. The largest absolute Gasteiger partial charge is 0.0813 e. The average molecular weight is 234 g/mol. The van der Waals surface area contributed by atoms with Gasteiger partial charge in [-0.3, -0.25) is 0 Å². The maximum atomic E-state index is 2.35. The molecule has 9 heavy (non-hydrogen) atoms. The van der Waals surface area contributed by atoms with Gasteiger partial charge >= 0.3 is 0 Å². The van der Waals surface area contributed by atoms with E-state index >= 15 is 0 Å². The Kier molecular flexibility index (Phi) is 3.33. The van der Waals surface area contributed by atoms with Gasteiger partial charge in [-0.15, -0.1) is 0 Å². The molecule has 0 fully saturated rings. The highest BCUT2D eigenvalue weighted by Crippen LogP contribution is 2.18. The second-order valence-electron chi connectivity index (χ2n) is 2.32. The Morgan fingerprint density at radius 1 is 1.44 bits per heavy atom. The van der Waals surface area contributed by atoms with Crippen LogP contribution in [0.3, 0.4) is 0 Å². The van der Waals surface area contributed by atoms with Crippen molar-refractivity contribution in [2.75, 3.05) is 0 Å². The van der Waals surface area contributed by atoms with Gasteiger partial charge in [-0.05, 0) is 29.8 Å². The SMILES string of the molecule is I/C=C/C1=CCCCC1. The fourth-order valence-electron chi connectivity index (χ4n) is 1.10. The highest BCUT2D eigenvalue weighted by molar-refractivity contribution is 14.1. The Balaban J connectivity index is 2.46. The van der Waals surface area contributed by atoms with Gasteiger partial charge in [0, 0.05) is 0 Å². The van der Waals surface area contributed by atoms with Crippen LogP contribution < -0.4 is 0 Å². The van der Waals surface area contributed by atoms with E-state index in [1.807, 2.05) is 0 Å². The minimum absolute atomic E-state index is 1.29. The molecule has 0 saturated carbocycles. The highest BCUT2D eigenvalue weighted by Gasteiger charge is 1.97. The Labute approximate surface area is 70.2 Å². The van der Waals surface area contributed by atoms with Gasteiger partial charge in [-0.25, -0.2) is 0 Å². The molecule has 0 amide bonds. The quantitative estimate of drug-likeness (QED) is 0.609. The predicted octanol–water partition coefficient (Wildman–Crippen LogP) is 3.44. The molecule has 0 bridgehead atoms. The average Bonchev–Trinajstić information content (AvgIpc) is 1.91. The lowest BCUT2D eigenvalue weighted by atomic mass is 10.0. The molecule has 0 atom stereocenters. The molecule has 0 aromatic rings. The summed E-state index contributed by atoms with van der Waals surface area (Å²) in [6.45, 7) is 0. The van der Waals surface area contributed by atoms with E-state index in [1.165, 1.54) is 31.3 Å². The lowest BCUT2D eigenvalue weighted by Gasteiger charge is -2.06. The summed E-state index contributed by atoms with van der Waals surface area (Å²) >= 11 is 2.27. The maximum absolute atomic E-state index is 2.35. The van der Waals surface area contributed by atoms with E-state index in [2.05, 4.69) is 38.8 Å². The zero-order valence-corrected chi connectivity index (χ0v) is 7.60. The van der Waals surface area contributed by atoms with Crippen LogP contribution in [-0.4, -0.2) is 0 Å². The zero-order chi connectivity index (χ0) is 6.53. The van der Waals surface area contributed by atoms with Gasteiger partial charge in [0.25, 0.3) is 0 Å². The summed E-state index contributed by atoms with van der Waals surface area (Å²) in [7, 11) is 0. The monoisotopic (exact) mass is 234 g/mol. The molecular formula is C8H11I. The number of hydrogen-bond donors (Lipinski definition) is 0. The van der Waals surface area contributed by atoms with E-state index in [-0.39, 0.29) is 0 Å². The van der Waals surface area contributed by atoms with Crippen molar-refractivity contribution in [2.24, 2.45) is 0 Å². The Bertz CT molecular complexity index is 134. The molecule has 0 heterocycles. The van der Waals surface area contributed by atoms with Crippen LogP contribution in [0.4, 0.5) is 0 Å². The van der Waals surface area contributed by atoms with E-state index < -0.39 is 0 Å². The van der Waals surface area contributed by atoms with Crippen molar-refractivity contribution < 1.29 is 0 Å². The molecule has 1 aliphatic rings. The summed E-state index contributed by atoms with van der Waals surface area (Å²) in [5, 5.41) is 0. The molecule has 1 heteroatoms. The number of rotatable bonds is 1. The van der Waals surface area contributed by atoms with Crippen molar-refractivity contribution >= 4 is 22.6 Å². The third kappa shape index (κ3) is 2.52. The zero-order valence-electron chi connectivity index (χ0n) is 5.44. The Hall–Kier alpha value is 0.210. The first kappa shape index (κ1) is 7.32. The molecule has 0 nitrogen and oxygen atoms in total. The van der Waals surface area contributed by atoms with Crippen molar-refractivity contribution in [3.63, 3.8) is 0 Å². The molecule has 0 saturated heterocycles. The number of hydrogen-bond acceptors (Lipinski definition) is 0. The smallest absolute Gasteiger partial charge is 0.0231 e. The van der Waals surface area contributed by atoms with Crippen molar-refractivity contribution in [2.45, 2.75) is 25.7 Å². The van der Waals surface area contributed by atoms with Gasteiger partial charge in [0.2, 0.25) is 0 Å². The summed E-state index contributed by atoms with van der Waals surface area (Å²) in [5.41, 5.74) is 1.52. The fourth-order valence-corrected chi connectivity index (χ4v) is 1.56. The fraction of sp³-hybridized carbons (Fsp3) is 0.500. The molecule has 1 aliphatic carbocycles. The second kappa shape index (κ2) is 4.09. The van der Waals surface area contributed by atoms with Crippen LogP contribution in [0.1, 0.15) is 25.7 Å². The van der Waals surface area contributed by atoms with Gasteiger partial charge in [0.15, 0.2) is 0 Å².